The van der Waals surface area contributed by atoms with E-state index < -0.39 is 0 Å². The highest BCUT2D eigenvalue weighted by Gasteiger charge is 2.27. The Morgan fingerprint density at radius 2 is 1.67 bits per heavy atom. The molecule has 1 aliphatic heterocycles. The number of hydrogen-bond acceptors (Lipinski definition) is 7. The molecule has 2 aliphatic carbocycles. The Balaban J connectivity index is 1.49. The van der Waals surface area contributed by atoms with E-state index in [1.54, 1.807) is 6.33 Å². The Bertz CT molecular complexity index is 720. The lowest BCUT2D eigenvalue weighted by Gasteiger charge is -2.29. The summed E-state index contributed by atoms with van der Waals surface area (Å²) in [5.74, 6) is 1.88. The summed E-state index contributed by atoms with van der Waals surface area (Å²) in [6.07, 6.45) is 17.2. The molecular weight excluding hydrogens is 374 g/mol. The van der Waals surface area contributed by atoms with E-state index in [0.717, 1.165) is 30.3 Å². The first kappa shape index (κ1) is 21.2. The van der Waals surface area contributed by atoms with Crippen LogP contribution in [0.2, 0.25) is 0 Å². The van der Waals surface area contributed by atoms with Gasteiger partial charge < -0.3 is 10.6 Å². The van der Waals surface area contributed by atoms with Crippen LogP contribution in [0.3, 0.4) is 0 Å². The molecule has 164 valence electrons. The van der Waals surface area contributed by atoms with Gasteiger partial charge in [-0.3, -0.25) is 10.3 Å². The standard InChI is InChI=1S/C23H37N7/c1-2-3-13-24-23-25-15-19(22(30-23)29-18-9-5-4-6-10-18)20-14-21(27-16-26-20)28-17-11-7-8-12-17/h14-19,23-24H,2-13H2,1H3,(H,29,30)(H,26,27,28). The van der Waals surface area contributed by atoms with Crippen LogP contribution >= 0.6 is 0 Å². The Morgan fingerprint density at radius 1 is 0.933 bits per heavy atom. The van der Waals surface area contributed by atoms with Crippen LogP contribution in [0, 0.1) is 0 Å². The van der Waals surface area contributed by atoms with Crippen molar-refractivity contribution >= 4 is 17.9 Å². The van der Waals surface area contributed by atoms with E-state index >= 15 is 0 Å². The maximum absolute atomic E-state index is 4.95. The van der Waals surface area contributed by atoms with Crippen LogP contribution < -0.4 is 16.0 Å². The Labute approximate surface area is 180 Å². The van der Waals surface area contributed by atoms with E-state index in [0.29, 0.717) is 12.1 Å². The molecule has 7 nitrogen and oxygen atoms in total. The number of nitrogens with zero attached hydrogens (tertiary/aromatic N) is 4. The monoisotopic (exact) mass is 411 g/mol. The molecule has 30 heavy (non-hydrogen) atoms. The van der Waals surface area contributed by atoms with Crippen LogP contribution in [0.5, 0.6) is 0 Å². The molecule has 2 atom stereocenters. The lowest BCUT2D eigenvalue weighted by Crippen LogP contribution is -2.44. The van der Waals surface area contributed by atoms with Gasteiger partial charge in [0.25, 0.3) is 0 Å². The molecule has 0 bridgehead atoms. The SMILES string of the molecule is CCCCNC1N=CC(c2cc(NC3CCCC3)ncn2)C(NC2CCCCC2)=N1. The Morgan fingerprint density at radius 3 is 2.43 bits per heavy atom. The Kier molecular flexibility index (Phi) is 7.67. The van der Waals surface area contributed by atoms with Gasteiger partial charge in [-0.2, -0.15) is 0 Å². The van der Waals surface area contributed by atoms with Gasteiger partial charge >= 0.3 is 0 Å². The maximum Gasteiger partial charge on any atom is 0.195 e. The summed E-state index contributed by atoms with van der Waals surface area (Å²) in [7, 11) is 0. The molecule has 2 saturated carbocycles. The van der Waals surface area contributed by atoms with Crippen LogP contribution in [0.25, 0.3) is 0 Å². The third-order valence-electron chi connectivity index (χ3n) is 6.46. The smallest absolute Gasteiger partial charge is 0.195 e. The van der Waals surface area contributed by atoms with Gasteiger partial charge in [-0.25, -0.2) is 15.0 Å². The zero-order valence-corrected chi connectivity index (χ0v) is 18.3. The quantitative estimate of drug-likeness (QED) is 0.563. The number of aliphatic imine (C=N–C) groups is 2. The van der Waals surface area contributed by atoms with Crippen molar-refractivity contribution in [1.29, 1.82) is 0 Å². The van der Waals surface area contributed by atoms with E-state index in [-0.39, 0.29) is 12.2 Å². The third kappa shape index (κ3) is 5.78. The third-order valence-corrected chi connectivity index (χ3v) is 6.46. The van der Waals surface area contributed by atoms with E-state index in [1.807, 2.05) is 6.21 Å². The van der Waals surface area contributed by atoms with Gasteiger partial charge in [0, 0.05) is 24.4 Å². The number of rotatable bonds is 8. The van der Waals surface area contributed by atoms with Gasteiger partial charge in [0.2, 0.25) is 0 Å². The highest BCUT2D eigenvalue weighted by atomic mass is 15.2. The van der Waals surface area contributed by atoms with E-state index in [9.17, 15) is 0 Å². The summed E-state index contributed by atoms with van der Waals surface area (Å²) in [6.45, 7) is 3.14. The predicted octanol–water partition coefficient (Wildman–Crippen LogP) is 3.99. The van der Waals surface area contributed by atoms with Gasteiger partial charge in [-0.05, 0) is 38.6 Å². The van der Waals surface area contributed by atoms with Crippen molar-refractivity contribution in [3.8, 4) is 0 Å². The molecular formula is C23H37N7. The van der Waals surface area contributed by atoms with Crippen molar-refractivity contribution in [2.24, 2.45) is 9.98 Å². The number of amidine groups is 1. The molecule has 2 unspecified atom stereocenters. The van der Waals surface area contributed by atoms with Crippen LogP contribution in [-0.2, 0) is 0 Å². The van der Waals surface area contributed by atoms with E-state index in [2.05, 4.69) is 38.9 Å². The predicted molar refractivity (Wildman–Crippen MR) is 123 cm³/mol. The fourth-order valence-electron chi connectivity index (χ4n) is 4.69. The average Bonchev–Trinajstić information content (AvgIpc) is 3.28. The molecule has 7 heteroatoms. The van der Waals surface area contributed by atoms with Gasteiger partial charge in [0.1, 0.15) is 18.0 Å². The minimum Gasteiger partial charge on any atom is -0.370 e. The van der Waals surface area contributed by atoms with Crippen molar-refractivity contribution < 1.29 is 0 Å². The second kappa shape index (κ2) is 10.8. The van der Waals surface area contributed by atoms with Crippen LogP contribution in [0.15, 0.2) is 22.4 Å². The Hall–Kier alpha value is -2.02. The molecule has 3 N–H and O–H groups in total. The zero-order chi connectivity index (χ0) is 20.6. The number of aromatic nitrogens is 2. The topological polar surface area (TPSA) is 86.6 Å². The molecule has 2 fully saturated rings. The fraction of sp³-hybridized carbons (Fsp3) is 0.739. The highest BCUT2D eigenvalue weighted by molar-refractivity contribution is 6.03. The molecule has 3 aliphatic rings. The molecule has 0 amide bonds. The highest BCUT2D eigenvalue weighted by Crippen LogP contribution is 2.25. The van der Waals surface area contributed by atoms with Gasteiger partial charge in [-0.1, -0.05) is 45.4 Å². The minimum absolute atomic E-state index is 0.0386. The first-order valence-corrected chi connectivity index (χ1v) is 12.0. The first-order valence-electron chi connectivity index (χ1n) is 12.0. The number of anilines is 1. The first-order chi connectivity index (χ1) is 14.8. The normalized spacial score (nSPS) is 25.3. The second-order valence-electron chi connectivity index (χ2n) is 8.90. The van der Waals surface area contributed by atoms with Crippen molar-refractivity contribution in [3.63, 3.8) is 0 Å². The van der Waals surface area contributed by atoms with Crippen LogP contribution in [0.4, 0.5) is 5.82 Å². The average molecular weight is 412 g/mol. The zero-order valence-electron chi connectivity index (χ0n) is 18.3. The molecule has 0 saturated heterocycles. The minimum atomic E-state index is -0.197. The van der Waals surface area contributed by atoms with Crippen molar-refractivity contribution in [3.05, 3.63) is 18.1 Å². The van der Waals surface area contributed by atoms with E-state index in [4.69, 9.17) is 9.98 Å². The number of hydrogen-bond donors (Lipinski definition) is 3. The summed E-state index contributed by atoms with van der Waals surface area (Å²) in [5.41, 5.74) is 0.961. The molecule has 0 aromatic carbocycles. The molecule has 4 rings (SSSR count). The molecule has 1 aromatic heterocycles. The molecule has 1 aromatic rings. The number of nitrogens with one attached hydrogen (secondary N) is 3. The lowest BCUT2D eigenvalue weighted by atomic mass is 9.94. The van der Waals surface area contributed by atoms with Crippen LogP contribution in [-0.4, -0.2) is 46.9 Å². The van der Waals surface area contributed by atoms with Crippen molar-refractivity contribution in [1.82, 2.24) is 20.6 Å². The second-order valence-corrected chi connectivity index (χ2v) is 8.90. The van der Waals surface area contributed by atoms with Crippen LogP contribution in [0.1, 0.15) is 89.2 Å². The molecule has 2 heterocycles. The fourth-order valence-corrected chi connectivity index (χ4v) is 4.69. The van der Waals surface area contributed by atoms with E-state index in [1.165, 1.54) is 64.2 Å². The summed E-state index contributed by atoms with van der Waals surface area (Å²) in [4.78, 5) is 18.7. The van der Waals surface area contributed by atoms with Gasteiger partial charge in [0.15, 0.2) is 6.29 Å². The lowest BCUT2D eigenvalue weighted by molar-refractivity contribution is 0.409. The van der Waals surface area contributed by atoms with Gasteiger partial charge in [-0.15, -0.1) is 0 Å². The van der Waals surface area contributed by atoms with Gasteiger partial charge in [0.05, 0.1) is 11.6 Å². The summed E-state index contributed by atoms with van der Waals surface area (Å²) < 4.78 is 0. The summed E-state index contributed by atoms with van der Waals surface area (Å²) in [6, 6.07) is 3.12. The maximum atomic E-state index is 4.95. The van der Waals surface area contributed by atoms with Crippen molar-refractivity contribution in [2.75, 3.05) is 11.9 Å². The largest absolute Gasteiger partial charge is 0.370 e. The number of unbranched alkanes of at least 4 members (excludes halogenated alkanes) is 1. The van der Waals surface area contributed by atoms with Crippen molar-refractivity contribution in [2.45, 2.75) is 102 Å². The molecule has 0 spiro atoms. The summed E-state index contributed by atoms with van der Waals surface area (Å²) in [5, 5.41) is 10.8. The molecule has 0 radical (unpaired) electrons. The summed E-state index contributed by atoms with van der Waals surface area (Å²) >= 11 is 0.